The van der Waals surface area contributed by atoms with Gasteiger partial charge in [0.15, 0.2) is 0 Å². The smallest absolute Gasteiger partial charge is 0.225 e. The lowest BCUT2D eigenvalue weighted by atomic mass is 10.0. The van der Waals surface area contributed by atoms with E-state index in [1.807, 2.05) is 37.2 Å². The van der Waals surface area contributed by atoms with E-state index in [4.69, 9.17) is 4.74 Å². The molecule has 0 aliphatic carbocycles. The number of rotatable bonds is 6. The van der Waals surface area contributed by atoms with Crippen molar-refractivity contribution < 1.29 is 9.53 Å². The SMILES string of the molecule is COc1cc(NC(=O)CCN(C)C)cc(C(C)C)c1. The maximum Gasteiger partial charge on any atom is 0.225 e. The standard InChI is InChI=1S/C15H24N2O2/c1-11(2)12-8-13(10-14(9-12)19-5)16-15(18)6-7-17(3)4/h8-11H,6-7H2,1-5H3,(H,16,18). The number of ether oxygens (including phenoxy) is 1. The van der Waals surface area contributed by atoms with Crippen LogP contribution < -0.4 is 10.1 Å². The van der Waals surface area contributed by atoms with Crippen molar-refractivity contribution in [1.29, 1.82) is 0 Å². The zero-order valence-electron chi connectivity index (χ0n) is 12.5. The Bertz CT molecular complexity index is 428. The second kappa shape index (κ2) is 7.14. The van der Waals surface area contributed by atoms with Crippen LogP contribution in [0, 0.1) is 0 Å². The van der Waals surface area contributed by atoms with Crippen LogP contribution in [0.1, 0.15) is 31.7 Å². The van der Waals surface area contributed by atoms with Gasteiger partial charge in [-0.3, -0.25) is 4.79 Å². The van der Waals surface area contributed by atoms with Gasteiger partial charge < -0.3 is 15.0 Å². The molecule has 0 aliphatic heterocycles. The Morgan fingerprint density at radius 3 is 2.53 bits per heavy atom. The van der Waals surface area contributed by atoms with E-state index in [2.05, 4.69) is 19.2 Å². The van der Waals surface area contributed by atoms with Crippen molar-refractivity contribution in [3.8, 4) is 5.75 Å². The predicted molar refractivity (Wildman–Crippen MR) is 78.9 cm³/mol. The molecule has 1 rings (SSSR count). The molecule has 4 nitrogen and oxygen atoms in total. The largest absolute Gasteiger partial charge is 0.497 e. The van der Waals surface area contributed by atoms with Crippen LogP contribution in [0.2, 0.25) is 0 Å². The van der Waals surface area contributed by atoms with Gasteiger partial charge in [0.25, 0.3) is 0 Å². The van der Waals surface area contributed by atoms with Crippen LogP contribution in [0.3, 0.4) is 0 Å². The van der Waals surface area contributed by atoms with Crippen LogP contribution in [0.4, 0.5) is 5.69 Å². The Hall–Kier alpha value is -1.55. The van der Waals surface area contributed by atoms with Crippen LogP contribution in [0.25, 0.3) is 0 Å². The highest BCUT2D eigenvalue weighted by molar-refractivity contribution is 5.91. The third-order valence-electron chi connectivity index (χ3n) is 2.90. The molecule has 1 aromatic carbocycles. The molecule has 4 heteroatoms. The van der Waals surface area contributed by atoms with Crippen molar-refractivity contribution >= 4 is 11.6 Å². The third-order valence-corrected chi connectivity index (χ3v) is 2.90. The Morgan fingerprint density at radius 2 is 2.00 bits per heavy atom. The summed E-state index contributed by atoms with van der Waals surface area (Å²) >= 11 is 0. The zero-order valence-corrected chi connectivity index (χ0v) is 12.5. The Balaban J connectivity index is 2.76. The lowest BCUT2D eigenvalue weighted by molar-refractivity contribution is -0.116. The summed E-state index contributed by atoms with van der Waals surface area (Å²) in [5.74, 6) is 1.19. The zero-order chi connectivity index (χ0) is 14.4. The van der Waals surface area contributed by atoms with Gasteiger partial charge in [0.05, 0.1) is 7.11 Å². The van der Waals surface area contributed by atoms with E-state index >= 15 is 0 Å². The molecule has 0 fully saturated rings. The van der Waals surface area contributed by atoms with Gasteiger partial charge in [0, 0.05) is 24.7 Å². The second-order valence-corrected chi connectivity index (χ2v) is 5.25. The fourth-order valence-electron chi connectivity index (χ4n) is 1.69. The molecular formula is C15H24N2O2. The summed E-state index contributed by atoms with van der Waals surface area (Å²) in [4.78, 5) is 13.8. The first-order valence-corrected chi connectivity index (χ1v) is 6.56. The number of hydrogen-bond donors (Lipinski definition) is 1. The number of nitrogens with one attached hydrogen (secondary N) is 1. The van der Waals surface area contributed by atoms with Gasteiger partial charge in [-0.25, -0.2) is 0 Å². The van der Waals surface area contributed by atoms with E-state index in [-0.39, 0.29) is 5.91 Å². The number of methoxy groups -OCH3 is 1. The van der Waals surface area contributed by atoms with Crippen LogP contribution in [0.15, 0.2) is 18.2 Å². The molecule has 1 N–H and O–H groups in total. The van der Waals surface area contributed by atoms with Crippen LogP contribution in [0.5, 0.6) is 5.75 Å². The summed E-state index contributed by atoms with van der Waals surface area (Å²) in [7, 11) is 5.54. The Kier molecular flexibility index (Phi) is 5.83. The minimum Gasteiger partial charge on any atom is -0.497 e. The number of carbonyl (C=O) groups excluding carboxylic acids is 1. The summed E-state index contributed by atoms with van der Waals surface area (Å²) in [5, 5.41) is 2.92. The first kappa shape index (κ1) is 15.5. The molecule has 0 unspecified atom stereocenters. The van der Waals surface area contributed by atoms with Crippen molar-refractivity contribution in [2.45, 2.75) is 26.2 Å². The topological polar surface area (TPSA) is 41.6 Å². The summed E-state index contributed by atoms with van der Waals surface area (Å²) in [6.45, 7) is 4.98. The monoisotopic (exact) mass is 264 g/mol. The number of carbonyl (C=O) groups is 1. The molecule has 0 bridgehead atoms. The lowest BCUT2D eigenvalue weighted by Crippen LogP contribution is -2.20. The van der Waals surface area contributed by atoms with Crippen LogP contribution in [-0.4, -0.2) is 38.6 Å². The first-order chi connectivity index (χ1) is 8.92. The number of anilines is 1. The molecule has 0 radical (unpaired) electrons. The van der Waals surface area contributed by atoms with Crippen molar-refractivity contribution in [3.05, 3.63) is 23.8 Å². The fraction of sp³-hybridized carbons (Fsp3) is 0.533. The molecule has 0 saturated heterocycles. The van der Waals surface area contributed by atoms with E-state index in [9.17, 15) is 4.79 Å². The van der Waals surface area contributed by atoms with E-state index in [0.29, 0.717) is 12.3 Å². The molecule has 0 spiro atoms. The summed E-state index contributed by atoms with van der Waals surface area (Å²) in [6.07, 6.45) is 0.487. The van der Waals surface area contributed by atoms with Gasteiger partial charge in [-0.05, 0) is 37.7 Å². The van der Waals surface area contributed by atoms with Gasteiger partial charge in [-0.1, -0.05) is 13.8 Å². The second-order valence-electron chi connectivity index (χ2n) is 5.25. The number of benzene rings is 1. The van der Waals surface area contributed by atoms with Crippen molar-refractivity contribution in [2.24, 2.45) is 0 Å². The van der Waals surface area contributed by atoms with Crippen LogP contribution in [-0.2, 0) is 4.79 Å². The molecule has 0 saturated carbocycles. The van der Waals surface area contributed by atoms with E-state index < -0.39 is 0 Å². The molecule has 0 atom stereocenters. The summed E-state index contributed by atoms with van der Waals surface area (Å²) in [5.41, 5.74) is 1.95. The first-order valence-electron chi connectivity index (χ1n) is 6.56. The average molecular weight is 264 g/mol. The van der Waals surface area contributed by atoms with Crippen molar-refractivity contribution in [1.82, 2.24) is 4.90 Å². The highest BCUT2D eigenvalue weighted by Gasteiger charge is 2.08. The minimum absolute atomic E-state index is 0.0247. The van der Waals surface area contributed by atoms with Crippen molar-refractivity contribution in [2.75, 3.05) is 33.1 Å². The van der Waals surface area contributed by atoms with E-state index in [0.717, 1.165) is 23.5 Å². The van der Waals surface area contributed by atoms with Gasteiger partial charge in [-0.15, -0.1) is 0 Å². The van der Waals surface area contributed by atoms with Gasteiger partial charge in [0.2, 0.25) is 5.91 Å². The van der Waals surface area contributed by atoms with Crippen LogP contribution >= 0.6 is 0 Å². The van der Waals surface area contributed by atoms with Gasteiger partial charge in [-0.2, -0.15) is 0 Å². The molecule has 0 aliphatic rings. The highest BCUT2D eigenvalue weighted by atomic mass is 16.5. The Labute approximate surface area is 115 Å². The molecule has 0 heterocycles. The van der Waals surface area contributed by atoms with E-state index in [1.165, 1.54) is 0 Å². The maximum absolute atomic E-state index is 11.8. The maximum atomic E-state index is 11.8. The highest BCUT2D eigenvalue weighted by Crippen LogP contribution is 2.25. The van der Waals surface area contributed by atoms with E-state index in [1.54, 1.807) is 7.11 Å². The minimum atomic E-state index is 0.0247. The fourth-order valence-corrected chi connectivity index (χ4v) is 1.69. The predicted octanol–water partition coefficient (Wildman–Crippen LogP) is 2.71. The molecule has 19 heavy (non-hydrogen) atoms. The number of amides is 1. The lowest BCUT2D eigenvalue weighted by Gasteiger charge is -2.13. The third kappa shape index (κ3) is 5.30. The number of nitrogens with zero attached hydrogens (tertiary/aromatic N) is 1. The molecular weight excluding hydrogens is 240 g/mol. The van der Waals surface area contributed by atoms with Crippen molar-refractivity contribution in [3.63, 3.8) is 0 Å². The molecule has 1 amide bonds. The number of hydrogen-bond acceptors (Lipinski definition) is 3. The molecule has 106 valence electrons. The van der Waals surface area contributed by atoms with Gasteiger partial charge in [0.1, 0.15) is 5.75 Å². The summed E-state index contributed by atoms with van der Waals surface area (Å²) < 4.78 is 5.27. The Morgan fingerprint density at radius 1 is 1.32 bits per heavy atom. The average Bonchev–Trinajstić information content (AvgIpc) is 2.35. The normalized spacial score (nSPS) is 10.9. The quantitative estimate of drug-likeness (QED) is 0.859. The molecule has 0 aromatic heterocycles. The molecule has 1 aromatic rings. The van der Waals surface area contributed by atoms with Gasteiger partial charge >= 0.3 is 0 Å². The summed E-state index contributed by atoms with van der Waals surface area (Å²) in [6, 6.07) is 5.85.